The highest BCUT2D eigenvalue weighted by atomic mass is 16.4. The first-order valence-corrected chi connectivity index (χ1v) is 9.36. The summed E-state index contributed by atoms with van der Waals surface area (Å²) in [5.74, 6) is -1.24. The van der Waals surface area contributed by atoms with Crippen LogP contribution in [-0.2, 0) is 4.79 Å². The normalized spacial score (nSPS) is 17.2. The number of hydrogen-bond donors (Lipinski definition) is 2. The Morgan fingerprint density at radius 1 is 1.33 bits per heavy atom. The van der Waals surface area contributed by atoms with Crippen molar-refractivity contribution in [2.45, 2.75) is 52.5 Å². The summed E-state index contributed by atoms with van der Waals surface area (Å²) in [6.07, 6.45) is 7.01. The molecule has 2 N–H and O–H groups in total. The van der Waals surface area contributed by atoms with Crippen molar-refractivity contribution in [2.75, 3.05) is 0 Å². The molecule has 1 amide bonds. The molecule has 0 radical (unpaired) electrons. The van der Waals surface area contributed by atoms with Gasteiger partial charge in [-0.25, -0.2) is 0 Å². The Morgan fingerprint density at radius 3 is 2.78 bits per heavy atom. The second kappa shape index (κ2) is 7.51. The Bertz CT molecular complexity index is 915. The van der Waals surface area contributed by atoms with Crippen LogP contribution in [0.5, 0.6) is 0 Å². The highest BCUT2D eigenvalue weighted by Crippen LogP contribution is 2.39. The number of fused-ring (bicyclic) bond motifs is 1. The number of nitrogens with one attached hydrogen (secondary N) is 1. The quantitative estimate of drug-likeness (QED) is 0.821. The second-order valence-electron chi connectivity index (χ2n) is 8.17. The number of rotatable bonds is 5. The molecule has 1 aliphatic rings. The van der Waals surface area contributed by atoms with Crippen molar-refractivity contribution in [2.24, 2.45) is 5.41 Å². The minimum absolute atomic E-state index is 0.110. The van der Waals surface area contributed by atoms with Crippen LogP contribution in [-0.4, -0.2) is 28.0 Å². The van der Waals surface area contributed by atoms with Crippen LogP contribution in [0.1, 0.15) is 62.4 Å². The SMILES string of the molecule is C[C@H](CC(=O)O)NC(=O)c1cnc2c(C3=CCC(C)(C)CC3)cccc2c1. The third-order valence-corrected chi connectivity index (χ3v) is 5.15. The zero-order valence-electron chi connectivity index (χ0n) is 16.1. The lowest BCUT2D eigenvalue weighted by Gasteiger charge is -2.29. The number of benzene rings is 1. The van der Waals surface area contributed by atoms with E-state index in [1.165, 1.54) is 5.57 Å². The molecular weight excluding hydrogens is 340 g/mol. The topological polar surface area (TPSA) is 79.3 Å². The fourth-order valence-electron chi connectivity index (χ4n) is 3.49. The van der Waals surface area contributed by atoms with E-state index in [2.05, 4.69) is 36.3 Å². The van der Waals surface area contributed by atoms with E-state index in [4.69, 9.17) is 5.11 Å². The first-order chi connectivity index (χ1) is 12.7. The van der Waals surface area contributed by atoms with E-state index in [-0.39, 0.29) is 12.3 Å². The van der Waals surface area contributed by atoms with Gasteiger partial charge in [0.15, 0.2) is 0 Å². The van der Waals surface area contributed by atoms with Crippen molar-refractivity contribution < 1.29 is 14.7 Å². The number of amides is 1. The smallest absolute Gasteiger partial charge is 0.305 e. The molecule has 0 unspecified atom stereocenters. The van der Waals surface area contributed by atoms with Crippen LogP contribution in [0.25, 0.3) is 16.5 Å². The minimum atomic E-state index is -0.937. The van der Waals surface area contributed by atoms with Gasteiger partial charge in [-0.05, 0) is 43.2 Å². The lowest BCUT2D eigenvalue weighted by atomic mass is 9.77. The summed E-state index contributed by atoms with van der Waals surface area (Å²) >= 11 is 0. The Labute approximate surface area is 159 Å². The molecule has 1 aromatic heterocycles. The number of carboxylic acids is 1. The number of carbonyl (C=O) groups excluding carboxylic acids is 1. The minimum Gasteiger partial charge on any atom is -0.481 e. The number of para-hydroxylation sites is 1. The third-order valence-electron chi connectivity index (χ3n) is 5.15. The average Bonchev–Trinajstić information content (AvgIpc) is 2.60. The van der Waals surface area contributed by atoms with Gasteiger partial charge in [0.05, 0.1) is 17.5 Å². The second-order valence-corrected chi connectivity index (χ2v) is 8.17. The summed E-state index contributed by atoms with van der Waals surface area (Å²) in [5, 5.41) is 12.4. The monoisotopic (exact) mass is 366 g/mol. The Balaban J connectivity index is 1.86. The van der Waals surface area contributed by atoms with E-state index < -0.39 is 12.0 Å². The number of aromatic nitrogens is 1. The van der Waals surface area contributed by atoms with Gasteiger partial charge in [0.2, 0.25) is 0 Å². The van der Waals surface area contributed by atoms with E-state index in [1.54, 1.807) is 13.1 Å². The van der Waals surface area contributed by atoms with Crippen LogP contribution in [0.15, 0.2) is 36.5 Å². The summed E-state index contributed by atoms with van der Waals surface area (Å²) in [5.41, 5.74) is 4.14. The molecule has 3 rings (SSSR count). The number of pyridine rings is 1. The molecule has 1 atom stereocenters. The molecule has 0 saturated carbocycles. The van der Waals surface area contributed by atoms with Crippen LogP contribution in [0, 0.1) is 5.41 Å². The third kappa shape index (κ3) is 4.54. The standard InChI is InChI=1S/C22H26N2O3/c1-14(11-19(25)26)24-21(27)17-12-16-5-4-6-18(20(16)23-13-17)15-7-9-22(2,3)10-8-15/h4-7,12-14H,8-11H2,1-3H3,(H,24,27)(H,25,26)/t14-/m1/s1. The lowest BCUT2D eigenvalue weighted by Crippen LogP contribution is -2.34. The molecule has 0 saturated heterocycles. The van der Waals surface area contributed by atoms with Crippen LogP contribution in [0.4, 0.5) is 0 Å². The van der Waals surface area contributed by atoms with Gasteiger partial charge in [0, 0.05) is 23.2 Å². The summed E-state index contributed by atoms with van der Waals surface area (Å²) < 4.78 is 0. The molecule has 5 heteroatoms. The molecule has 142 valence electrons. The van der Waals surface area contributed by atoms with E-state index in [0.29, 0.717) is 11.0 Å². The van der Waals surface area contributed by atoms with Crippen LogP contribution in [0.3, 0.4) is 0 Å². The molecule has 0 aliphatic heterocycles. The maximum absolute atomic E-state index is 12.4. The molecule has 2 aromatic rings. The van der Waals surface area contributed by atoms with Gasteiger partial charge in [-0.1, -0.05) is 38.1 Å². The number of nitrogens with zero attached hydrogens (tertiary/aromatic N) is 1. The molecule has 0 spiro atoms. The van der Waals surface area contributed by atoms with Crippen molar-refractivity contribution in [3.63, 3.8) is 0 Å². The van der Waals surface area contributed by atoms with Gasteiger partial charge in [0.1, 0.15) is 0 Å². The van der Waals surface area contributed by atoms with Crippen molar-refractivity contribution >= 4 is 28.4 Å². The number of allylic oxidation sites excluding steroid dienone is 2. The van der Waals surface area contributed by atoms with E-state index in [9.17, 15) is 9.59 Å². The number of hydrogen-bond acceptors (Lipinski definition) is 3. The lowest BCUT2D eigenvalue weighted by molar-refractivity contribution is -0.137. The van der Waals surface area contributed by atoms with Crippen molar-refractivity contribution in [1.29, 1.82) is 0 Å². The molecule has 0 fully saturated rings. The summed E-state index contributed by atoms with van der Waals surface area (Å²) in [6.45, 7) is 6.26. The highest BCUT2D eigenvalue weighted by molar-refractivity contribution is 5.99. The predicted molar refractivity (Wildman–Crippen MR) is 107 cm³/mol. The van der Waals surface area contributed by atoms with Gasteiger partial charge in [-0.2, -0.15) is 0 Å². The largest absolute Gasteiger partial charge is 0.481 e. The summed E-state index contributed by atoms with van der Waals surface area (Å²) in [4.78, 5) is 27.7. The number of carbonyl (C=O) groups is 2. The van der Waals surface area contributed by atoms with Crippen molar-refractivity contribution in [1.82, 2.24) is 10.3 Å². The van der Waals surface area contributed by atoms with E-state index >= 15 is 0 Å². The van der Waals surface area contributed by atoms with Gasteiger partial charge in [-0.15, -0.1) is 0 Å². The molecular formula is C22H26N2O3. The first kappa shape index (κ1) is 19.1. The molecule has 0 bridgehead atoms. The molecule has 1 aliphatic carbocycles. The average molecular weight is 366 g/mol. The van der Waals surface area contributed by atoms with Crippen LogP contribution in [0.2, 0.25) is 0 Å². The maximum Gasteiger partial charge on any atom is 0.305 e. The Kier molecular flexibility index (Phi) is 5.31. The molecule has 1 aromatic carbocycles. The molecule has 27 heavy (non-hydrogen) atoms. The fourth-order valence-corrected chi connectivity index (χ4v) is 3.49. The number of carboxylic acid groups (broad SMARTS) is 1. The predicted octanol–water partition coefficient (Wildman–Crippen LogP) is 4.42. The fraction of sp³-hybridized carbons (Fsp3) is 0.409. The Morgan fingerprint density at radius 2 is 2.11 bits per heavy atom. The molecule has 1 heterocycles. The van der Waals surface area contributed by atoms with E-state index in [1.807, 2.05) is 18.2 Å². The summed E-state index contributed by atoms with van der Waals surface area (Å²) in [7, 11) is 0. The highest BCUT2D eigenvalue weighted by Gasteiger charge is 2.23. The van der Waals surface area contributed by atoms with Gasteiger partial charge in [-0.3, -0.25) is 14.6 Å². The van der Waals surface area contributed by atoms with Crippen LogP contribution < -0.4 is 5.32 Å². The Hall–Kier alpha value is -2.69. The van der Waals surface area contributed by atoms with Gasteiger partial charge in [0.25, 0.3) is 5.91 Å². The zero-order valence-corrected chi connectivity index (χ0v) is 16.1. The van der Waals surface area contributed by atoms with E-state index in [0.717, 1.165) is 35.7 Å². The number of aliphatic carboxylic acids is 1. The zero-order chi connectivity index (χ0) is 19.6. The van der Waals surface area contributed by atoms with Crippen molar-refractivity contribution in [3.8, 4) is 0 Å². The maximum atomic E-state index is 12.4. The summed E-state index contributed by atoms with van der Waals surface area (Å²) in [6, 6.07) is 7.43. The molecule has 5 nitrogen and oxygen atoms in total. The van der Waals surface area contributed by atoms with Gasteiger partial charge < -0.3 is 10.4 Å². The first-order valence-electron chi connectivity index (χ1n) is 9.36. The van der Waals surface area contributed by atoms with Crippen molar-refractivity contribution in [3.05, 3.63) is 47.7 Å². The van der Waals surface area contributed by atoms with Crippen LogP contribution >= 0.6 is 0 Å². The van der Waals surface area contributed by atoms with Gasteiger partial charge >= 0.3 is 5.97 Å².